The molecule has 1 aromatic heterocycles. The van der Waals surface area contributed by atoms with Crippen molar-refractivity contribution in [2.45, 2.75) is 26.8 Å². The van der Waals surface area contributed by atoms with Crippen LogP contribution in [0.2, 0.25) is 0 Å². The number of aryl methyl sites for hydroxylation is 1. The lowest BCUT2D eigenvalue weighted by Crippen LogP contribution is -2.00. The van der Waals surface area contributed by atoms with Gasteiger partial charge in [-0.3, -0.25) is 9.48 Å². The molecule has 0 spiro atoms. The summed E-state index contributed by atoms with van der Waals surface area (Å²) in [4.78, 5) is 10.8. The minimum absolute atomic E-state index is 0.0276. The second kappa shape index (κ2) is 3.32. The predicted octanol–water partition coefficient (Wildman–Crippen LogP) is 1.50. The van der Waals surface area contributed by atoms with Crippen molar-refractivity contribution in [2.24, 2.45) is 0 Å². The van der Waals surface area contributed by atoms with Gasteiger partial charge in [0.15, 0.2) is 5.78 Å². The average Bonchev–Trinajstić information content (AvgIpc) is 2.37. The van der Waals surface area contributed by atoms with E-state index in [0.29, 0.717) is 5.69 Å². The molecule has 1 rings (SSSR count). The Bertz CT molecular complexity index is 252. The van der Waals surface area contributed by atoms with Gasteiger partial charge in [-0.15, -0.1) is 0 Å². The molecule has 0 saturated carbocycles. The lowest BCUT2D eigenvalue weighted by atomic mass is 10.3. The first kappa shape index (κ1) is 7.98. The number of carbonyl (C=O) groups is 1. The van der Waals surface area contributed by atoms with E-state index in [0.717, 1.165) is 13.0 Å². The van der Waals surface area contributed by atoms with Crippen LogP contribution in [0.3, 0.4) is 0 Å². The molecule has 11 heavy (non-hydrogen) atoms. The first-order chi connectivity index (χ1) is 5.24. The van der Waals surface area contributed by atoms with Crippen molar-refractivity contribution < 1.29 is 4.79 Å². The van der Waals surface area contributed by atoms with Gasteiger partial charge in [-0.25, -0.2) is 0 Å². The predicted molar refractivity (Wildman–Crippen MR) is 42.5 cm³/mol. The summed E-state index contributed by atoms with van der Waals surface area (Å²) in [5.74, 6) is 0.0276. The maximum absolute atomic E-state index is 10.8. The fraction of sp³-hybridized carbons (Fsp3) is 0.500. The van der Waals surface area contributed by atoms with Crippen molar-refractivity contribution in [1.29, 1.82) is 0 Å². The standard InChI is InChI=1S/C8H12N2O/c1-3-5-10-6-4-8(9-10)7(2)11/h4,6H,3,5H2,1-2H3. The van der Waals surface area contributed by atoms with Crippen LogP contribution in [0.4, 0.5) is 0 Å². The highest BCUT2D eigenvalue weighted by Crippen LogP contribution is 1.97. The Kier molecular flexibility index (Phi) is 2.41. The first-order valence-corrected chi connectivity index (χ1v) is 3.78. The van der Waals surface area contributed by atoms with Gasteiger partial charge < -0.3 is 0 Å². The normalized spacial score (nSPS) is 10.0. The van der Waals surface area contributed by atoms with E-state index in [4.69, 9.17) is 0 Å². The van der Waals surface area contributed by atoms with E-state index in [1.54, 1.807) is 10.7 Å². The van der Waals surface area contributed by atoms with E-state index in [2.05, 4.69) is 12.0 Å². The Morgan fingerprint density at radius 3 is 2.91 bits per heavy atom. The van der Waals surface area contributed by atoms with E-state index in [-0.39, 0.29) is 5.78 Å². The monoisotopic (exact) mass is 152 g/mol. The molecule has 0 saturated heterocycles. The third-order valence-electron chi connectivity index (χ3n) is 1.45. The molecule has 0 bridgehead atoms. The smallest absolute Gasteiger partial charge is 0.179 e. The quantitative estimate of drug-likeness (QED) is 0.615. The first-order valence-electron chi connectivity index (χ1n) is 3.78. The molecule has 0 aromatic carbocycles. The molecular formula is C8H12N2O. The van der Waals surface area contributed by atoms with Crippen LogP contribution in [0.5, 0.6) is 0 Å². The Morgan fingerprint density at radius 1 is 1.73 bits per heavy atom. The van der Waals surface area contributed by atoms with Gasteiger partial charge in [0.2, 0.25) is 0 Å². The van der Waals surface area contributed by atoms with Crippen LogP contribution in [0.25, 0.3) is 0 Å². The number of aromatic nitrogens is 2. The Morgan fingerprint density at radius 2 is 2.45 bits per heavy atom. The van der Waals surface area contributed by atoms with Crippen molar-refractivity contribution in [2.75, 3.05) is 0 Å². The van der Waals surface area contributed by atoms with Crippen LogP contribution in [-0.2, 0) is 6.54 Å². The van der Waals surface area contributed by atoms with Crippen molar-refractivity contribution in [3.63, 3.8) is 0 Å². The highest BCUT2D eigenvalue weighted by atomic mass is 16.1. The number of rotatable bonds is 3. The minimum atomic E-state index is 0.0276. The summed E-state index contributed by atoms with van der Waals surface area (Å²) in [5, 5.41) is 4.07. The molecule has 1 aromatic rings. The van der Waals surface area contributed by atoms with Crippen molar-refractivity contribution >= 4 is 5.78 Å². The lowest BCUT2D eigenvalue weighted by molar-refractivity contribution is 0.101. The van der Waals surface area contributed by atoms with E-state index in [1.165, 1.54) is 6.92 Å². The molecule has 3 heteroatoms. The Labute approximate surface area is 66.0 Å². The fourth-order valence-electron chi connectivity index (χ4n) is 0.903. The zero-order valence-corrected chi connectivity index (χ0v) is 6.87. The summed E-state index contributed by atoms with van der Waals surface area (Å²) in [6.45, 7) is 4.49. The zero-order valence-electron chi connectivity index (χ0n) is 6.87. The highest BCUT2D eigenvalue weighted by Gasteiger charge is 2.01. The van der Waals surface area contributed by atoms with Gasteiger partial charge in [0.25, 0.3) is 0 Å². The molecule has 0 aliphatic carbocycles. The van der Waals surface area contributed by atoms with Gasteiger partial charge in [0.1, 0.15) is 5.69 Å². The molecule has 0 amide bonds. The number of ketones is 1. The topological polar surface area (TPSA) is 34.9 Å². The van der Waals surface area contributed by atoms with Crippen LogP contribution < -0.4 is 0 Å². The molecule has 0 aliphatic rings. The zero-order chi connectivity index (χ0) is 8.27. The van der Waals surface area contributed by atoms with Gasteiger partial charge in [-0.05, 0) is 12.5 Å². The maximum Gasteiger partial charge on any atom is 0.179 e. The van der Waals surface area contributed by atoms with Crippen LogP contribution in [0, 0.1) is 0 Å². The summed E-state index contributed by atoms with van der Waals surface area (Å²) in [6, 6.07) is 1.75. The molecule has 0 unspecified atom stereocenters. The van der Waals surface area contributed by atoms with Crippen molar-refractivity contribution in [1.82, 2.24) is 9.78 Å². The van der Waals surface area contributed by atoms with Crippen LogP contribution in [0.15, 0.2) is 12.3 Å². The summed E-state index contributed by atoms with van der Waals surface area (Å²) >= 11 is 0. The van der Waals surface area contributed by atoms with Gasteiger partial charge in [0, 0.05) is 19.7 Å². The average molecular weight is 152 g/mol. The minimum Gasteiger partial charge on any atom is -0.293 e. The van der Waals surface area contributed by atoms with Gasteiger partial charge in [-0.1, -0.05) is 6.92 Å². The lowest BCUT2D eigenvalue weighted by Gasteiger charge is -1.94. The number of carbonyl (C=O) groups excluding carboxylic acids is 1. The Balaban J connectivity index is 2.73. The molecule has 60 valence electrons. The van der Waals surface area contributed by atoms with E-state index >= 15 is 0 Å². The van der Waals surface area contributed by atoms with Crippen LogP contribution in [-0.4, -0.2) is 15.6 Å². The number of hydrogen-bond donors (Lipinski definition) is 0. The second-order valence-electron chi connectivity index (χ2n) is 2.52. The SMILES string of the molecule is CCCn1ccc(C(C)=O)n1. The molecule has 0 fully saturated rings. The molecule has 0 N–H and O–H groups in total. The third kappa shape index (κ3) is 1.90. The number of nitrogens with zero attached hydrogens (tertiary/aromatic N) is 2. The van der Waals surface area contributed by atoms with Crippen molar-refractivity contribution in [3.05, 3.63) is 18.0 Å². The number of Topliss-reactive ketones (excluding diaryl/α,β-unsaturated/α-hetero) is 1. The summed E-state index contributed by atoms with van der Waals surface area (Å²) in [5.41, 5.74) is 0.554. The van der Waals surface area contributed by atoms with E-state index < -0.39 is 0 Å². The Hall–Kier alpha value is -1.12. The number of hydrogen-bond acceptors (Lipinski definition) is 2. The fourth-order valence-corrected chi connectivity index (χ4v) is 0.903. The summed E-state index contributed by atoms with van der Waals surface area (Å²) < 4.78 is 1.79. The van der Waals surface area contributed by atoms with Crippen molar-refractivity contribution in [3.8, 4) is 0 Å². The van der Waals surface area contributed by atoms with Gasteiger partial charge in [-0.2, -0.15) is 5.10 Å². The molecule has 0 atom stereocenters. The largest absolute Gasteiger partial charge is 0.293 e. The summed E-state index contributed by atoms with van der Waals surface area (Å²) in [6.07, 6.45) is 2.87. The molecule has 1 heterocycles. The third-order valence-corrected chi connectivity index (χ3v) is 1.45. The van der Waals surface area contributed by atoms with Crippen LogP contribution >= 0.6 is 0 Å². The molecule has 3 nitrogen and oxygen atoms in total. The van der Waals surface area contributed by atoms with Gasteiger partial charge >= 0.3 is 0 Å². The van der Waals surface area contributed by atoms with Gasteiger partial charge in [0.05, 0.1) is 0 Å². The molecular weight excluding hydrogens is 140 g/mol. The molecule has 0 radical (unpaired) electrons. The molecule has 0 aliphatic heterocycles. The maximum atomic E-state index is 10.8. The van der Waals surface area contributed by atoms with E-state index in [9.17, 15) is 4.79 Å². The summed E-state index contributed by atoms with van der Waals surface area (Å²) in [7, 11) is 0. The highest BCUT2D eigenvalue weighted by molar-refractivity contribution is 5.91. The van der Waals surface area contributed by atoms with Crippen LogP contribution in [0.1, 0.15) is 30.8 Å². The second-order valence-corrected chi connectivity index (χ2v) is 2.52. The van der Waals surface area contributed by atoms with E-state index in [1.807, 2.05) is 6.20 Å².